The summed E-state index contributed by atoms with van der Waals surface area (Å²) in [5.74, 6) is 1.20. The van der Waals surface area contributed by atoms with Gasteiger partial charge in [0, 0.05) is 37.9 Å². The van der Waals surface area contributed by atoms with E-state index in [1.807, 2.05) is 24.3 Å². The van der Waals surface area contributed by atoms with E-state index in [9.17, 15) is 8.42 Å². The van der Waals surface area contributed by atoms with Crippen LogP contribution in [0, 0.1) is 5.92 Å². The summed E-state index contributed by atoms with van der Waals surface area (Å²) in [7, 11) is -2.12. The number of anilines is 1. The highest BCUT2D eigenvalue weighted by Gasteiger charge is 2.34. The van der Waals surface area contributed by atoms with Crippen LogP contribution in [0.1, 0.15) is 30.9 Å². The molecule has 4 N–H and O–H groups in total. The second-order valence-electron chi connectivity index (χ2n) is 8.78. The highest BCUT2D eigenvalue weighted by molar-refractivity contribution is 7.87. The summed E-state index contributed by atoms with van der Waals surface area (Å²) >= 11 is 0. The molecule has 1 saturated heterocycles. The van der Waals surface area contributed by atoms with Gasteiger partial charge in [0.25, 0.3) is 10.2 Å². The number of likely N-dealkylation sites (tertiary alicyclic amines) is 1. The molecule has 0 bridgehead atoms. The first kappa shape index (κ1) is 21.3. The minimum absolute atomic E-state index is 0.197. The highest BCUT2D eigenvalue weighted by Crippen LogP contribution is 2.43. The molecule has 5 rings (SSSR count). The van der Waals surface area contributed by atoms with Crippen LogP contribution in [-0.2, 0) is 16.8 Å². The Morgan fingerprint density at radius 2 is 2.03 bits per heavy atom. The van der Waals surface area contributed by atoms with Crippen LogP contribution in [0.25, 0.3) is 22.2 Å². The molecule has 9 nitrogen and oxygen atoms in total. The molecule has 3 heterocycles. The maximum atomic E-state index is 11.7. The lowest BCUT2D eigenvalue weighted by atomic mass is 9.79. The summed E-state index contributed by atoms with van der Waals surface area (Å²) in [5.41, 5.74) is 9.95. The second kappa shape index (κ2) is 8.43. The second-order valence-corrected chi connectivity index (χ2v) is 10.5. The molecular formula is C22H29N7O2S. The van der Waals surface area contributed by atoms with Crippen LogP contribution in [0.5, 0.6) is 0 Å². The highest BCUT2D eigenvalue weighted by atomic mass is 32.2. The van der Waals surface area contributed by atoms with Crippen molar-refractivity contribution < 1.29 is 8.42 Å². The van der Waals surface area contributed by atoms with Gasteiger partial charge in [0.05, 0.1) is 5.39 Å². The molecule has 1 aliphatic heterocycles. The van der Waals surface area contributed by atoms with Crippen molar-refractivity contribution in [3.8, 4) is 11.1 Å². The smallest absolute Gasteiger partial charge is 0.276 e. The van der Waals surface area contributed by atoms with Gasteiger partial charge in [-0.1, -0.05) is 18.2 Å². The summed E-state index contributed by atoms with van der Waals surface area (Å²) in [6.45, 7) is 3.87. The zero-order valence-corrected chi connectivity index (χ0v) is 19.0. The van der Waals surface area contributed by atoms with Crippen molar-refractivity contribution in [2.24, 2.45) is 5.92 Å². The van der Waals surface area contributed by atoms with E-state index in [4.69, 9.17) is 5.73 Å². The summed E-state index contributed by atoms with van der Waals surface area (Å²) in [6, 6.07) is 8.23. The number of nitrogens with zero attached hydrogens (tertiary/aromatic N) is 4. The standard InChI is InChI=1S/C22H29N7O2S/c1-24-32(30,31)27-11-15-4-2-5-17(8-15)19-13-29(22-20(19)21(23)25-14-26-22)18-9-16(10-18)12-28-6-3-7-28/h2,4-5,8,13-14,16,18,24,27H,3,6-7,9-12H2,1H3,(H2,23,25,26). The fourth-order valence-electron chi connectivity index (χ4n) is 4.71. The fraction of sp³-hybridized carbons (Fsp3) is 0.455. The zero-order chi connectivity index (χ0) is 22.3. The van der Waals surface area contributed by atoms with Crippen molar-refractivity contribution in [1.29, 1.82) is 0 Å². The van der Waals surface area contributed by atoms with Crippen LogP contribution in [0.4, 0.5) is 5.82 Å². The molecule has 0 unspecified atom stereocenters. The first-order chi connectivity index (χ1) is 15.4. The van der Waals surface area contributed by atoms with Gasteiger partial charge in [0.2, 0.25) is 0 Å². The monoisotopic (exact) mass is 455 g/mol. The van der Waals surface area contributed by atoms with Gasteiger partial charge in [0.15, 0.2) is 0 Å². The molecule has 0 spiro atoms. The maximum Gasteiger partial charge on any atom is 0.276 e. The van der Waals surface area contributed by atoms with Gasteiger partial charge in [-0.15, -0.1) is 0 Å². The Bertz CT molecular complexity index is 1230. The van der Waals surface area contributed by atoms with Gasteiger partial charge in [-0.25, -0.2) is 14.7 Å². The fourth-order valence-corrected chi connectivity index (χ4v) is 5.21. The lowest BCUT2D eigenvalue weighted by Crippen LogP contribution is -2.43. The molecule has 1 aromatic carbocycles. The van der Waals surface area contributed by atoms with E-state index >= 15 is 0 Å². The van der Waals surface area contributed by atoms with Crippen LogP contribution in [-0.4, -0.2) is 54.5 Å². The largest absolute Gasteiger partial charge is 0.383 e. The molecule has 32 heavy (non-hydrogen) atoms. The van der Waals surface area contributed by atoms with E-state index in [0.29, 0.717) is 11.9 Å². The van der Waals surface area contributed by atoms with Crippen molar-refractivity contribution in [1.82, 2.24) is 28.9 Å². The Hall–Kier alpha value is -2.53. The van der Waals surface area contributed by atoms with E-state index in [1.54, 1.807) is 0 Å². The lowest BCUT2D eigenvalue weighted by Gasteiger charge is -2.42. The predicted molar refractivity (Wildman–Crippen MR) is 125 cm³/mol. The van der Waals surface area contributed by atoms with Crippen molar-refractivity contribution in [3.05, 3.63) is 42.4 Å². The molecule has 0 amide bonds. The zero-order valence-electron chi connectivity index (χ0n) is 18.2. The molecule has 3 aromatic rings. The molecule has 1 saturated carbocycles. The minimum Gasteiger partial charge on any atom is -0.383 e. The van der Waals surface area contributed by atoms with Crippen molar-refractivity contribution in [3.63, 3.8) is 0 Å². The summed E-state index contributed by atoms with van der Waals surface area (Å²) in [6.07, 6.45) is 7.28. The Morgan fingerprint density at radius 1 is 1.22 bits per heavy atom. The van der Waals surface area contributed by atoms with E-state index < -0.39 is 10.2 Å². The molecule has 1 aliphatic carbocycles. The van der Waals surface area contributed by atoms with Crippen LogP contribution in [0.2, 0.25) is 0 Å². The first-order valence-electron chi connectivity index (χ1n) is 11.0. The number of nitrogen functional groups attached to an aromatic ring is 1. The number of hydrogen-bond donors (Lipinski definition) is 3. The minimum atomic E-state index is -3.50. The van der Waals surface area contributed by atoms with E-state index in [-0.39, 0.29) is 6.54 Å². The molecule has 170 valence electrons. The number of hydrogen-bond acceptors (Lipinski definition) is 6. The van der Waals surface area contributed by atoms with Crippen LogP contribution in [0.15, 0.2) is 36.8 Å². The molecule has 2 fully saturated rings. The van der Waals surface area contributed by atoms with Crippen LogP contribution < -0.4 is 15.2 Å². The maximum absolute atomic E-state index is 11.7. The first-order valence-corrected chi connectivity index (χ1v) is 12.5. The van der Waals surface area contributed by atoms with Gasteiger partial charge in [-0.3, -0.25) is 0 Å². The number of benzene rings is 1. The number of fused-ring (bicyclic) bond motifs is 1. The Balaban J connectivity index is 1.43. The van der Waals surface area contributed by atoms with Crippen LogP contribution in [0.3, 0.4) is 0 Å². The molecule has 0 radical (unpaired) electrons. The quantitative estimate of drug-likeness (QED) is 0.477. The molecule has 2 aliphatic rings. The number of rotatable bonds is 8. The number of nitrogens with two attached hydrogens (primary N) is 1. The molecular weight excluding hydrogens is 426 g/mol. The normalized spacial score (nSPS) is 21.4. The predicted octanol–water partition coefficient (Wildman–Crippen LogP) is 1.89. The van der Waals surface area contributed by atoms with Gasteiger partial charge in [-0.05, 0) is 55.5 Å². The third-order valence-corrected chi connectivity index (χ3v) is 7.74. The summed E-state index contributed by atoms with van der Waals surface area (Å²) in [4.78, 5) is 11.3. The Labute approximate surface area is 188 Å². The number of aromatic nitrogens is 3. The molecule has 0 atom stereocenters. The summed E-state index contributed by atoms with van der Waals surface area (Å²) < 4.78 is 30.5. The van der Waals surface area contributed by atoms with Gasteiger partial charge in [0.1, 0.15) is 17.8 Å². The Morgan fingerprint density at radius 3 is 2.75 bits per heavy atom. The number of nitrogens with one attached hydrogen (secondary N) is 2. The lowest BCUT2D eigenvalue weighted by molar-refractivity contribution is 0.0921. The third kappa shape index (κ3) is 4.11. The SMILES string of the molecule is CNS(=O)(=O)NCc1cccc(-c2cn(C3CC(CN4CCC4)C3)c3ncnc(N)c23)c1. The van der Waals surface area contributed by atoms with Crippen molar-refractivity contribution in [2.75, 3.05) is 32.4 Å². The average molecular weight is 456 g/mol. The van der Waals surface area contributed by atoms with Gasteiger partial charge in [-0.2, -0.15) is 13.1 Å². The Kier molecular flexibility index (Phi) is 5.62. The summed E-state index contributed by atoms with van der Waals surface area (Å²) in [5, 5.41) is 0.853. The van der Waals surface area contributed by atoms with Gasteiger partial charge < -0.3 is 15.2 Å². The third-order valence-electron chi connectivity index (χ3n) is 6.68. The van der Waals surface area contributed by atoms with Crippen LogP contribution >= 0.6 is 0 Å². The van der Waals surface area contributed by atoms with E-state index in [2.05, 4.69) is 35.1 Å². The van der Waals surface area contributed by atoms with E-state index in [1.165, 1.54) is 39.4 Å². The topological polar surface area (TPSA) is 118 Å². The van der Waals surface area contributed by atoms with E-state index in [0.717, 1.165) is 46.5 Å². The average Bonchev–Trinajstić information content (AvgIpc) is 3.11. The van der Waals surface area contributed by atoms with Gasteiger partial charge >= 0.3 is 0 Å². The van der Waals surface area contributed by atoms with Crippen molar-refractivity contribution in [2.45, 2.75) is 31.8 Å². The molecule has 10 heteroatoms. The molecule has 2 aromatic heterocycles. The van der Waals surface area contributed by atoms with Crippen molar-refractivity contribution >= 4 is 27.1 Å².